The molecule has 1 amide bonds. The first kappa shape index (κ1) is 21.6. The van der Waals surface area contributed by atoms with Gasteiger partial charge in [-0.3, -0.25) is 9.78 Å². The third-order valence-corrected chi connectivity index (χ3v) is 5.15. The van der Waals surface area contributed by atoms with Gasteiger partial charge in [0, 0.05) is 30.0 Å². The van der Waals surface area contributed by atoms with Crippen LogP contribution in [0.25, 0.3) is 0 Å². The van der Waals surface area contributed by atoms with Crippen molar-refractivity contribution in [2.45, 2.75) is 31.0 Å². The van der Waals surface area contributed by atoms with Gasteiger partial charge in [-0.1, -0.05) is 0 Å². The average Bonchev–Trinajstić information content (AvgIpc) is 2.69. The van der Waals surface area contributed by atoms with Crippen LogP contribution in [0, 0.1) is 13.8 Å². The number of thioether (sulfide) groups is 1. The van der Waals surface area contributed by atoms with Crippen LogP contribution in [0.15, 0.2) is 60.0 Å². The Hall–Kier alpha value is -3.07. The molecule has 2 aromatic heterocycles. The number of pyridine rings is 2. The van der Waals surface area contributed by atoms with Crippen LogP contribution in [0.4, 0.5) is 18.9 Å². The van der Waals surface area contributed by atoms with E-state index in [1.54, 1.807) is 30.7 Å². The Morgan fingerprint density at radius 3 is 2.40 bits per heavy atom. The third kappa shape index (κ3) is 5.73. The van der Waals surface area contributed by atoms with Crippen LogP contribution in [-0.2, 0) is 5.75 Å². The number of hydrogen-bond donors (Lipinski definition) is 1. The predicted octanol–water partition coefficient (Wildman–Crippen LogP) is 5.54. The summed E-state index contributed by atoms with van der Waals surface area (Å²) < 4.78 is 41.8. The van der Waals surface area contributed by atoms with Crippen LogP contribution in [0.3, 0.4) is 0 Å². The molecule has 1 N–H and O–H groups in total. The number of ether oxygens (including phenoxy) is 1. The van der Waals surface area contributed by atoms with E-state index >= 15 is 0 Å². The van der Waals surface area contributed by atoms with Crippen molar-refractivity contribution in [2.75, 3.05) is 5.32 Å². The van der Waals surface area contributed by atoms with Gasteiger partial charge in [-0.05, 0) is 66.9 Å². The lowest BCUT2D eigenvalue weighted by Gasteiger charge is -2.16. The molecule has 3 rings (SSSR count). The Morgan fingerprint density at radius 2 is 1.77 bits per heavy atom. The molecule has 0 saturated heterocycles. The Kier molecular flexibility index (Phi) is 6.61. The summed E-state index contributed by atoms with van der Waals surface area (Å²) in [5.41, 5.74) is 2.32. The lowest BCUT2D eigenvalue weighted by molar-refractivity contribution is -0.275. The summed E-state index contributed by atoms with van der Waals surface area (Å²) >= 11 is 1.41. The van der Waals surface area contributed by atoms with Crippen LogP contribution in [0.2, 0.25) is 0 Å². The van der Waals surface area contributed by atoms with E-state index in [4.69, 9.17) is 0 Å². The Labute approximate surface area is 175 Å². The maximum Gasteiger partial charge on any atom is 0.573 e. The third-order valence-electron chi connectivity index (χ3n) is 4.08. The van der Waals surface area contributed by atoms with Crippen LogP contribution >= 0.6 is 11.8 Å². The van der Waals surface area contributed by atoms with Gasteiger partial charge in [0.05, 0.1) is 5.56 Å². The average molecular weight is 433 g/mol. The molecule has 30 heavy (non-hydrogen) atoms. The number of rotatable bonds is 6. The fourth-order valence-electron chi connectivity index (χ4n) is 2.81. The summed E-state index contributed by atoms with van der Waals surface area (Å²) in [6, 6.07) is 9.94. The van der Waals surface area contributed by atoms with Crippen molar-refractivity contribution >= 4 is 23.4 Å². The van der Waals surface area contributed by atoms with Crippen molar-refractivity contribution in [3.63, 3.8) is 0 Å². The van der Waals surface area contributed by atoms with E-state index in [0.717, 1.165) is 5.56 Å². The van der Waals surface area contributed by atoms with Crippen LogP contribution in [0.1, 0.15) is 27.0 Å². The number of anilines is 1. The molecule has 0 fully saturated rings. The monoisotopic (exact) mass is 433 g/mol. The van der Waals surface area contributed by atoms with E-state index in [9.17, 15) is 18.0 Å². The molecule has 0 atom stereocenters. The van der Waals surface area contributed by atoms with E-state index in [2.05, 4.69) is 20.0 Å². The molecule has 2 heterocycles. The lowest BCUT2D eigenvalue weighted by Crippen LogP contribution is -2.19. The van der Waals surface area contributed by atoms with Crippen molar-refractivity contribution in [3.05, 3.63) is 77.2 Å². The first-order valence-electron chi connectivity index (χ1n) is 8.88. The first-order chi connectivity index (χ1) is 14.2. The van der Waals surface area contributed by atoms with Gasteiger partial charge in [-0.25, -0.2) is 4.98 Å². The second kappa shape index (κ2) is 9.17. The van der Waals surface area contributed by atoms with E-state index in [-0.39, 0.29) is 16.9 Å². The number of aromatic nitrogens is 2. The van der Waals surface area contributed by atoms with Crippen molar-refractivity contribution in [1.29, 1.82) is 0 Å². The fourth-order valence-corrected chi connectivity index (χ4v) is 3.75. The zero-order valence-electron chi connectivity index (χ0n) is 16.2. The van der Waals surface area contributed by atoms with Gasteiger partial charge in [0.15, 0.2) is 0 Å². The molecule has 1 aromatic carbocycles. The van der Waals surface area contributed by atoms with E-state index < -0.39 is 12.3 Å². The number of aryl methyl sites for hydroxylation is 2. The summed E-state index contributed by atoms with van der Waals surface area (Å²) in [6.07, 6.45) is 0.206. The molecule has 0 aliphatic heterocycles. The summed E-state index contributed by atoms with van der Waals surface area (Å²) in [5.74, 6) is -0.0549. The zero-order valence-corrected chi connectivity index (χ0v) is 17.0. The van der Waals surface area contributed by atoms with Crippen molar-refractivity contribution in [1.82, 2.24) is 9.97 Å². The minimum Gasteiger partial charge on any atom is -0.405 e. The van der Waals surface area contributed by atoms with Gasteiger partial charge in [-0.2, -0.15) is 0 Å². The summed E-state index contributed by atoms with van der Waals surface area (Å²) in [5, 5.41) is 3.28. The minimum absolute atomic E-state index is 0.265. The van der Waals surface area contributed by atoms with Gasteiger partial charge >= 0.3 is 6.36 Å². The van der Waals surface area contributed by atoms with E-state index in [1.165, 1.54) is 37.7 Å². The number of nitrogens with zero attached hydrogens (tertiary/aromatic N) is 2. The number of halogens is 3. The molecule has 0 unspecified atom stereocenters. The maximum atomic E-state index is 12.8. The molecule has 0 bridgehead atoms. The van der Waals surface area contributed by atoms with Crippen LogP contribution < -0.4 is 10.1 Å². The van der Waals surface area contributed by atoms with Gasteiger partial charge in [-0.15, -0.1) is 24.9 Å². The smallest absolute Gasteiger partial charge is 0.405 e. The molecular formula is C21H18F3N3O2S. The highest BCUT2D eigenvalue weighted by molar-refractivity contribution is 7.98. The molecular weight excluding hydrogens is 415 g/mol. The zero-order chi connectivity index (χ0) is 21.7. The SMILES string of the molecule is Cc1cc(NC(=O)c2cccnc2SCc2ccncc2)cc(C)c1OC(F)(F)F. The van der Waals surface area contributed by atoms with Crippen LogP contribution in [-0.4, -0.2) is 22.2 Å². The highest BCUT2D eigenvalue weighted by atomic mass is 32.2. The lowest BCUT2D eigenvalue weighted by atomic mass is 10.1. The van der Waals surface area contributed by atoms with Crippen molar-refractivity contribution in [2.24, 2.45) is 0 Å². The first-order valence-corrected chi connectivity index (χ1v) is 9.86. The standard InChI is InChI=1S/C21H18F3N3O2S/c1-13-10-16(11-14(2)18(13)29-21(22,23)24)27-19(28)17-4-3-7-26-20(17)30-12-15-5-8-25-9-6-15/h3-11H,12H2,1-2H3,(H,27,28). The highest BCUT2D eigenvalue weighted by Crippen LogP contribution is 2.32. The minimum atomic E-state index is -4.78. The number of benzene rings is 1. The number of hydrogen-bond acceptors (Lipinski definition) is 5. The summed E-state index contributed by atoms with van der Waals surface area (Å²) in [6.45, 7) is 2.98. The van der Waals surface area contributed by atoms with Gasteiger partial charge in [0.2, 0.25) is 0 Å². The number of carbonyl (C=O) groups excluding carboxylic acids is 1. The largest absolute Gasteiger partial charge is 0.573 e. The normalized spacial score (nSPS) is 11.2. The molecule has 0 aliphatic rings. The number of amides is 1. The van der Waals surface area contributed by atoms with Gasteiger partial charge < -0.3 is 10.1 Å². The highest BCUT2D eigenvalue weighted by Gasteiger charge is 2.32. The Bertz CT molecular complexity index is 1020. The summed E-state index contributed by atoms with van der Waals surface area (Å²) in [7, 11) is 0. The fraction of sp³-hybridized carbons (Fsp3) is 0.190. The summed E-state index contributed by atoms with van der Waals surface area (Å²) in [4.78, 5) is 21.1. The quantitative estimate of drug-likeness (QED) is 0.518. The molecule has 5 nitrogen and oxygen atoms in total. The predicted molar refractivity (Wildman–Crippen MR) is 109 cm³/mol. The topological polar surface area (TPSA) is 64.1 Å². The van der Waals surface area contributed by atoms with Gasteiger partial charge in [0.1, 0.15) is 10.8 Å². The van der Waals surface area contributed by atoms with Crippen LogP contribution in [0.5, 0.6) is 5.75 Å². The second-order valence-corrected chi connectivity index (χ2v) is 7.41. The van der Waals surface area contributed by atoms with Gasteiger partial charge in [0.25, 0.3) is 5.91 Å². The Balaban J connectivity index is 1.76. The maximum absolute atomic E-state index is 12.8. The number of alkyl halides is 3. The number of nitrogens with one attached hydrogen (secondary N) is 1. The molecule has 0 radical (unpaired) electrons. The number of carbonyl (C=O) groups is 1. The van der Waals surface area contributed by atoms with E-state index in [0.29, 0.717) is 22.0 Å². The van der Waals surface area contributed by atoms with Crippen molar-refractivity contribution in [3.8, 4) is 5.75 Å². The second-order valence-electron chi connectivity index (χ2n) is 6.44. The van der Waals surface area contributed by atoms with E-state index in [1.807, 2.05) is 12.1 Å². The molecule has 156 valence electrons. The molecule has 0 saturated carbocycles. The Morgan fingerprint density at radius 1 is 1.10 bits per heavy atom. The molecule has 0 aliphatic carbocycles. The molecule has 3 aromatic rings. The molecule has 9 heteroatoms. The van der Waals surface area contributed by atoms with Crippen molar-refractivity contribution < 1.29 is 22.7 Å². The molecule has 0 spiro atoms.